The number of hydrogen-bond donors (Lipinski definition) is 3. The summed E-state index contributed by atoms with van der Waals surface area (Å²) >= 11 is 6.18. The van der Waals surface area contributed by atoms with Gasteiger partial charge in [0.05, 0.1) is 12.0 Å². The van der Waals surface area contributed by atoms with Crippen molar-refractivity contribution in [1.82, 2.24) is 0 Å². The summed E-state index contributed by atoms with van der Waals surface area (Å²) in [7, 11) is 0. The number of benzene rings is 2. The largest absolute Gasteiger partial charge is 0.508 e. The number of phenolic OH excluding ortho intramolecular Hbond substituents is 2. The van der Waals surface area contributed by atoms with Crippen LogP contribution in [0, 0.1) is 0 Å². The van der Waals surface area contributed by atoms with Crippen molar-refractivity contribution in [3.05, 3.63) is 57.4 Å². The number of phenols is 2. The van der Waals surface area contributed by atoms with Crippen molar-refractivity contribution >= 4 is 28.5 Å². The lowest BCUT2D eigenvalue weighted by molar-refractivity contribution is -0.137. The van der Waals surface area contributed by atoms with Crippen molar-refractivity contribution in [3.8, 4) is 22.6 Å². The van der Waals surface area contributed by atoms with Crippen LogP contribution in [0.1, 0.15) is 12.2 Å². The maximum atomic E-state index is 13.0. The average molecular weight is 361 g/mol. The van der Waals surface area contributed by atoms with E-state index in [1.165, 1.54) is 6.07 Å². The first-order valence-corrected chi connectivity index (χ1v) is 7.74. The highest BCUT2D eigenvalue weighted by molar-refractivity contribution is 6.33. The number of aromatic hydroxyl groups is 2. The van der Waals surface area contributed by atoms with E-state index in [4.69, 9.17) is 21.1 Å². The van der Waals surface area contributed by atoms with Crippen molar-refractivity contribution < 1.29 is 24.5 Å². The minimum absolute atomic E-state index is 0.0290. The van der Waals surface area contributed by atoms with Crippen molar-refractivity contribution in [2.45, 2.75) is 12.8 Å². The molecule has 0 aliphatic carbocycles. The van der Waals surface area contributed by atoms with Gasteiger partial charge in [0.25, 0.3) is 0 Å². The molecule has 3 N–H and O–H groups in total. The molecule has 6 nitrogen and oxygen atoms in total. The molecule has 1 heterocycles. The fourth-order valence-corrected chi connectivity index (χ4v) is 2.89. The van der Waals surface area contributed by atoms with Crippen LogP contribution in [0.15, 0.2) is 45.6 Å². The third-order valence-corrected chi connectivity index (χ3v) is 4.07. The molecule has 7 heteroatoms. The number of aryl methyl sites for hydroxylation is 1. The Bertz CT molecular complexity index is 1040. The molecule has 0 aliphatic rings. The molecule has 0 radical (unpaired) electrons. The van der Waals surface area contributed by atoms with Crippen LogP contribution < -0.4 is 5.43 Å². The van der Waals surface area contributed by atoms with E-state index >= 15 is 0 Å². The SMILES string of the molecule is O=C(O)CCc1oc2cc(O)cc(O)c2c(=O)c1-c1ccccc1Cl. The highest BCUT2D eigenvalue weighted by Gasteiger charge is 2.21. The second-order valence-electron chi connectivity index (χ2n) is 5.44. The van der Waals surface area contributed by atoms with Gasteiger partial charge in [0.15, 0.2) is 0 Å². The summed E-state index contributed by atoms with van der Waals surface area (Å²) in [5.41, 5.74) is -0.0982. The summed E-state index contributed by atoms with van der Waals surface area (Å²) in [6.07, 6.45) is -0.297. The highest BCUT2D eigenvalue weighted by atomic mass is 35.5. The Labute approximate surface area is 146 Å². The van der Waals surface area contributed by atoms with E-state index in [-0.39, 0.29) is 40.9 Å². The zero-order valence-corrected chi connectivity index (χ0v) is 13.6. The highest BCUT2D eigenvalue weighted by Crippen LogP contribution is 2.34. The van der Waals surface area contributed by atoms with Gasteiger partial charge in [-0.2, -0.15) is 0 Å². The Balaban J connectivity index is 2.37. The smallest absolute Gasteiger partial charge is 0.303 e. The van der Waals surface area contributed by atoms with E-state index in [9.17, 15) is 19.8 Å². The van der Waals surface area contributed by atoms with Gasteiger partial charge in [0.1, 0.15) is 28.2 Å². The normalized spacial score (nSPS) is 10.9. The predicted octanol–water partition coefficient (Wildman–Crippen LogP) is 3.54. The van der Waals surface area contributed by atoms with Crippen LogP contribution in [0.3, 0.4) is 0 Å². The quantitative estimate of drug-likeness (QED) is 0.656. The topological polar surface area (TPSA) is 108 Å². The van der Waals surface area contributed by atoms with Gasteiger partial charge in [-0.05, 0) is 6.07 Å². The first-order chi connectivity index (χ1) is 11.9. The van der Waals surface area contributed by atoms with Crippen LogP contribution in [0.5, 0.6) is 11.5 Å². The molecular weight excluding hydrogens is 348 g/mol. The molecule has 0 spiro atoms. The number of halogens is 1. The van der Waals surface area contributed by atoms with Crippen molar-refractivity contribution in [1.29, 1.82) is 0 Å². The summed E-state index contributed by atoms with van der Waals surface area (Å²) in [4.78, 5) is 23.9. The summed E-state index contributed by atoms with van der Waals surface area (Å²) in [6.45, 7) is 0. The fraction of sp³-hybridized carbons (Fsp3) is 0.111. The number of fused-ring (bicyclic) bond motifs is 1. The van der Waals surface area contributed by atoms with E-state index in [1.54, 1.807) is 24.3 Å². The van der Waals surface area contributed by atoms with Gasteiger partial charge in [-0.3, -0.25) is 9.59 Å². The van der Waals surface area contributed by atoms with Gasteiger partial charge < -0.3 is 19.7 Å². The predicted molar refractivity (Wildman–Crippen MR) is 92.2 cm³/mol. The van der Waals surface area contributed by atoms with Gasteiger partial charge >= 0.3 is 5.97 Å². The van der Waals surface area contributed by atoms with E-state index in [0.717, 1.165) is 6.07 Å². The Morgan fingerprint density at radius 1 is 1.16 bits per heavy atom. The first kappa shape index (κ1) is 16.9. The van der Waals surface area contributed by atoms with E-state index < -0.39 is 17.1 Å². The molecule has 0 saturated heterocycles. The third kappa shape index (κ3) is 3.16. The third-order valence-electron chi connectivity index (χ3n) is 3.74. The molecular formula is C18H13ClO6. The second kappa shape index (κ2) is 6.49. The van der Waals surface area contributed by atoms with E-state index in [1.807, 2.05) is 0 Å². The molecule has 3 rings (SSSR count). The second-order valence-corrected chi connectivity index (χ2v) is 5.85. The molecule has 0 atom stereocenters. The summed E-state index contributed by atoms with van der Waals surface area (Å²) < 4.78 is 5.65. The van der Waals surface area contributed by atoms with Crippen LogP contribution in [-0.4, -0.2) is 21.3 Å². The monoisotopic (exact) mass is 360 g/mol. The molecule has 3 aromatic rings. The van der Waals surface area contributed by atoms with Gasteiger partial charge in [-0.1, -0.05) is 29.8 Å². The van der Waals surface area contributed by atoms with Crippen molar-refractivity contribution in [2.24, 2.45) is 0 Å². The van der Waals surface area contributed by atoms with Crippen LogP contribution in [-0.2, 0) is 11.2 Å². The number of hydrogen-bond acceptors (Lipinski definition) is 5. The molecule has 0 unspecified atom stereocenters. The first-order valence-electron chi connectivity index (χ1n) is 7.37. The zero-order chi connectivity index (χ0) is 18.1. The zero-order valence-electron chi connectivity index (χ0n) is 12.8. The lowest BCUT2D eigenvalue weighted by Crippen LogP contribution is -2.11. The number of rotatable bonds is 4. The van der Waals surface area contributed by atoms with Gasteiger partial charge in [0.2, 0.25) is 5.43 Å². The summed E-state index contributed by atoms with van der Waals surface area (Å²) in [6, 6.07) is 8.81. The molecule has 1 aromatic heterocycles. The van der Waals surface area contributed by atoms with E-state index in [2.05, 4.69) is 0 Å². The van der Waals surface area contributed by atoms with Gasteiger partial charge in [0, 0.05) is 29.1 Å². The molecule has 0 saturated carbocycles. The fourth-order valence-electron chi connectivity index (χ4n) is 2.66. The maximum Gasteiger partial charge on any atom is 0.303 e. The molecule has 2 aromatic carbocycles. The Hall–Kier alpha value is -2.99. The minimum Gasteiger partial charge on any atom is -0.508 e. The molecule has 0 amide bonds. The Kier molecular flexibility index (Phi) is 4.37. The maximum absolute atomic E-state index is 13.0. The molecule has 0 fully saturated rings. The number of carboxylic acids is 1. The number of carbonyl (C=O) groups is 1. The molecule has 128 valence electrons. The lowest BCUT2D eigenvalue weighted by Gasteiger charge is -2.12. The van der Waals surface area contributed by atoms with E-state index in [0.29, 0.717) is 10.6 Å². The lowest BCUT2D eigenvalue weighted by atomic mass is 9.99. The standard InChI is InChI=1S/C18H13ClO6/c19-11-4-2-1-3-10(11)16-13(5-6-15(22)23)25-14-8-9(20)7-12(21)17(14)18(16)24/h1-4,7-8,20-21H,5-6H2,(H,22,23). The molecule has 25 heavy (non-hydrogen) atoms. The number of aliphatic carboxylic acids is 1. The van der Waals surface area contributed by atoms with Gasteiger partial charge in [-0.25, -0.2) is 0 Å². The van der Waals surface area contributed by atoms with Gasteiger partial charge in [-0.15, -0.1) is 0 Å². The Morgan fingerprint density at radius 2 is 1.88 bits per heavy atom. The van der Waals surface area contributed by atoms with Crippen LogP contribution >= 0.6 is 11.6 Å². The van der Waals surface area contributed by atoms with Crippen molar-refractivity contribution in [3.63, 3.8) is 0 Å². The molecule has 0 aliphatic heterocycles. The van der Waals surface area contributed by atoms with Crippen LogP contribution in [0.4, 0.5) is 0 Å². The average Bonchev–Trinajstić information content (AvgIpc) is 2.53. The van der Waals surface area contributed by atoms with Crippen molar-refractivity contribution in [2.75, 3.05) is 0 Å². The molecule has 0 bridgehead atoms. The van der Waals surface area contributed by atoms with Crippen LogP contribution in [0.25, 0.3) is 22.1 Å². The summed E-state index contributed by atoms with van der Waals surface area (Å²) in [5, 5.41) is 28.8. The van der Waals surface area contributed by atoms with Crippen LogP contribution in [0.2, 0.25) is 5.02 Å². The number of carboxylic acid groups (broad SMARTS) is 1. The Morgan fingerprint density at radius 3 is 2.56 bits per heavy atom. The minimum atomic E-state index is -1.05. The summed E-state index contributed by atoms with van der Waals surface area (Å²) in [5.74, 6) is -1.63.